The van der Waals surface area contributed by atoms with Crippen LogP contribution in [0.4, 0.5) is 14.6 Å². The summed E-state index contributed by atoms with van der Waals surface area (Å²) in [7, 11) is 1.64. The molecule has 0 aromatic carbocycles. The van der Waals surface area contributed by atoms with Crippen molar-refractivity contribution >= 4 is 28.8 Å². The maximum Gasteiger partial charge on any atom is 0.183 e. The van der Waals surface area contributed by atoms with Crippen molar-refractivity contribution in [3.05, 3.63) is 36.3 Å². The number of anilines is 1. The van der Waals surface area contributed by atoms with Crippen molar-refractivity contribution in [2.24, 2.45) is 0 Å². The smallest absolute Gasteiger partial charge is 0.183 e. The molecule has 26 heavy (non-hydrogen) atoms. The van der Waals surface area contributed by atoms with Crippen molar-refractivity contribution < 1.29 is 13.5 Å². The first-order valence-corrected chi connectivity index (χ1v) is 8.90. The zero-order chi connectivity index (χ0) is 18.4. The normalized spacial score (nSPS) is 11.2. The molecule has 0 aliphatic rings. The van der Waals surface area contributed by atoms with Crippen LogP contribution in [0.5, 0.6) is 0 Å². The van der Waals surface area contributed by atoms with Gasteiger partial charge in [-0.1, -0.05) is 11.9 Å². The number of H-pyrrole nitrogens is 1. The molecule has 0 atom stereocenters. The van der Waals surface area contributed by atoms with E-state index >= 15 is 0 Å². The molecule has 3 heterocycles. The van der Waals surface area contributed by atoms with Gasteiger partial charge in [-0.15, -0.1) is 0 Å². The minimum Gasteiger partial charge on any atom is -0.383 e. The molecular weight excluding hydrogens is 362 g/mol. The van der Waals surface area contributed by atoms with Crippen molar-refractivity contribution in [2.75, 3.05) is 37.9 Å². The highest BCUT2D eigenvalue weighted by Gasteiger charge is 2.13. The summed E-state index contributed by atoms with van der Waals surface area (Å²) in [4.78, 5) is 15.1. The van der Waals surface area contributed by atoms with Crippen molar-refractivity contribution in [1.29, 1.82) is 0 Å². The van der Waals surface area contributed by atoms with Gasteiger partial charge in [0.25, 0.3) is 0 Å². The molecule has 3 aromatic heterocycles. The molecule has 3 N–H and O–H groups in total. The molecule has 0 bridgehead atoms. The number of methoxy groups -OCH3 is 1. The molecule has 0 aliphatic carbocycles. The number of ether oxygens (including phenoxy) is 1. The Hall–Kier alpha value is -2.30. The van der Waals surface area contributed by atoms with Gasteiger partial charge in [-0.25, -0.2) is 23.7 Å². The van der Waals surface area contributed by atoms with Gasteiger partial charge in [-0.2, -0.15) is 0 Å². The third-order valence-corrected chi connectivity index (χ3v) is 4.31. The lowest BCUT2D eigenvalue weighted by molar-refractivity contribution is 0.205. The first-order valence-electron chi connectivity index (χ1n) is 7.92. The molecule has 0 unspecified atom stereocenters. The molecule has 0 fully saturated rings. The van der Waals surface area contributed by atoms with Crippen LogP contribution in [0.25, 0.3) is 22.4 Å². The second kappa shape index (κ2) is 8.88. The number of hydrogen-bond donors (Lipinski definition) is 3. The minimum atomic E-state index is -0.546. The summed E-state index contributed by atoms with van der Waals surface area (Å²) in [5.41, 5.74) is 1.08. The van der Waals surface area contributed by atoms with E-state index < -0.39 is 11.6 Å². The second-order valence-electron chi connectivity index (χ2n) is 5.30. The molecule has 7 nitrogen and oxygen atoms in total. The van der Waals surface area contributed by atoms with Crippen molar-refractivity contribution in [2.45, 2.75) is 0 Å². The maximum atomic E-state index is 14.0. The van der Waals surface area contributed by atoms with Crippen molar-refractivity contribution in [3.8, 4) is 11.4 Å². The topological polar surface area (TPSA) is 87.8 Å². The van der Waals surface area contributed by atoms with Crippen LogP contribution in [0, 0.1) is 11.6 Å². The van der Waals surface area contributed by atoms with E-state index in [9.17, 15) is 8.78 Å². The van der Waals surface area contributed by atoms with E-state index in [1.807, 2.05) is 0 Å². The molecule has 138 valence electrons. The molecule has 0 spiro atoms. The van der Waals surface area contributed by atoms with Gasteiger partial charge >= 0.3 is 0 Å². The van der Waals surface area contributed by atoms with Gasteiger partial charge in [0.05, 0.1) is 19.0 Å². The van der Waals surface area contributed by atoms with Crippen molar-refractivity contribution in [3.63, 3.8) is 0 Å². The van der Waals surface area contributed by atoms with Gasteiger partial charge in [-0.3, -0.25) is 4.72 Å². The molecule has 0 amide bonds. The van der Waals surface area contributed by atoms with Crippen LogP contribution >= 0.6 is 11.9 Å². The lowest BCUT2D eigenvalue weighted by Crippen LogP contribution is -2.15. The number of halogens is 2. The average molecular weight is 380 g/mol. The molecule has 3 aromatic rings. The maximum absolute atomic E-state index is 14.0. The number of nitrogens with one attached hydrogen (secondary N) is 3. The molecule has 0 saturated carbocycles. The van der Waals surface area contributed by atoms with Crippen LogP contribution in [-0.4, -0.2) is 52.5 Å². The zero-order valence-electron chi connectivity index (χ0n) is 14.1. The third-order valence-electron chi connectivity index (χ3n) is 3.49. The Morgan fingerprint density at radius 1 is 1.23 bits per heavy atom. The lowest BCUT2D eigenvalue weighted by atomic mass is 10.2. The average Bonchev–Trinajstić information content (AvgIpc) is 3.05. The van der Waals surface area contributed by atoms with Gasteiger partial charge in [-0.05, 0) is 6.07 Å². The number of nitrogens with zero attached hydrogens (tertiary/aromatic N) is 3. The second-order valence-corrected chi connectivity index (χ2v) is 6.29. The Bertz CT molecular complexity index is 875. The quantitative estimate of drug-likeness (QED) is 0.388. The summed E-state index contributed by atoms with van der Waals surface area (Å²) >= 11 is 1.51. The molecule has 10 heteroatoms. The van der Waals surface area contributed by atoms with Crippen molar-refractivity contribution in [1.82, 2.24) is 24.7 Å². The lowest BCUT2D eigenvalue weighted by Gasteiger charge is -2.08. The Kier molecular flexibility index (Phi) is 6.31. The van der Waals surface area contributed by atoms with Gasteiger partial charge in [0, 0.05) is 43.1 Å². The summed E-state index contributed by atoms with van der Waals surface area (Å²) in [6.07, 6.45) is 3.85. The number of pyridine rings is 1. The van der Waals surface area contributed by atoms with Gasteiger partial charge < -0.3 is 15.0 Å². The van der Waals surface area contributed by atoms with Crippen LogP contribution in [0.2, 0.25) is 0 Å². The Morgan fingerprint density at radius 2 is 2.12 bits per heavy atom. The fraction of sp³-hybridized carbons (Fsp3) is 0.312. The first kappa shape index (κ1) is 18.5. The Morgan fingerprint density at radius 3 is 2.96 bits per heavy atom. The van der Waals surface area contributed by atoms with E-state index in [1.54, 1.807) is 13.3 Å². The van der Waals surface area contributed by atoms with Crippen LogP contribution in [0.3, 0.4) is 0 Å². The third kappa shape index (κ3) is 4.45. The van der Waals surface area contributed by atoms with Crippen LogP contribution in [0.1, 0.15) is 0 Å². The Balaban J connectivity index is 1.68. The molecule has 0 saturated heterocycles. The van der Waals surface area contributed by atoms with Crippen LogP contribution in [-0.2, 0) is 4.74 Å². The monoisotopic (exact) mass is 380 g/mol. The van der Waals surface area contributed by atoms with Gasteiger partial charge in [0.2, 0.25) is 0 Å². The van der Waals surface area contributed by atoms with E-state index in [2.05, 4.69) is 30.0 Å². The molecule has 3 rings (SSSR count). The fourth-order valence-corrected chi connectivity index (χ4v) is 2.87. The summed E-state index contributed by atoms with van der Waals surface area (Å²) in [5.74, 6) is 0.0988. The molecular formula is C16H18F2N6OS. The SMILES string of the molecule is COCCNSCCNc1nc(-c2c[nH]c3ncc(F)cc23)ncc1F. The number of hydrogen-bond acceptors (Lipinski definition) is 7. The van der Waals surface area contributed by atoms with Gasteiger partial charge in [0.15, 0.2) is 17.5 Å². The predicted octanol–water partition coefficient (Wildman–Crippen LogP) is 2.59. The number of aromatic amines is 1. The van der Waals surface area contributed by atoms with E-state index in [1.165, 1.54) is 18.0 Å². The van der Waals surface area contributed by atoms with Crippen LogP contribution < -0.4 is 10.0 Å². The summed E-state index contributed by atoms with van der Waals surface area (Å²) < 4.78 is 35.5. The zero-order valence-corrected chi connectivity index (χ0v) is 14.9. The van der Waals surface area contributed by atoms with E-state index in [4.69, 9.17) is 4.74 Å². The van der Waals surface area contributed by atoms with Gasteiger partial charge in [0.1, 0.15) is 11.5 Å². The predicted molar refractivity (Wildman–Crippen MR) is 97.9 cm³/mol. The standard InChI is InChI=1S/C16H18F2N6OS/c1-25-4-2-23-26-5-3-19-16-13(18)9-22-15(24-16)12-8-21-14-11(12)6-10(17)7-20-14/h6-9,23H,2-5H2,1H3,(H,20,21)(H,19,22,24). The first-order chi connectivity index (χ1) is 12.7. The highest BCUT2D eigenvalue weighted by molar-refractivity contribution is 7.97. The highest BCUT2D eigenvalue weighted by Crippen LogP contribution is 2.26. The summed E-state index contributed by atoms with van der Waals surface area (Å²) in [6, 6.07) is 1.34. The minimum absolute atomic E-state index is 0.103. The Labute approximate surface area is 153 Å². The van der Waals surface area contributed by atoms with Crippen LogP contribution in [0.15, 0.2) is 24.7 Å². The van der Waals surface area contributed by atoms with E-state index in [0.29, 0.717) is 41.3 Å². The van der Waals surface area contributed by atoms with E-state index in [0.717, 1.165) is 18.9 Å². The number of aromatic nitrogens is 4. The molecule has 0 aliphatic heterocycles. The largest absolute Gasteiger partial charge is 0.383 e. The summed E-state index contributed by atoms with van der Waals surface area (Å²) in [6.45, 7) is 1.88. The molecule has 0 radical (unpaired) electrons. The highest BCUT2D eigenvalue weighted by atomic mass is 32.2. The summed E-state index contributed by atoms with van der Waals surface area (Å²) in [5, 5.41) is 3.49. The number of fused-ring (bicyclic) bond motifs is 1. The number of rotatable bonds is 9. The van der Waals surface area contributed by atoms with E-state index in [-0.39, 0.29) is 5.82 Å². The fourth-order valence-electron chi connectivity index (χ4n) is 2.29.